The molecule has 0 saturated heterocycles. The van der Waals surface area contributed by atoms with Crippen LogP contribution in [0.4, 0.5) is 5.88 Å². The Morgan fingerprint density at radius 1 is 1.25 bits per heavy atom. The molecule has 0 aliphatic carbocycles. The summed E-state index contributed by atoms with van der Waals surface area (Å²) in [7, 11) is 3.09. The summed E-state index contributed by atoms with van der Waals surface area (Å²) in [6.07, 6.45) is 1.55. The van der Waals surface area contributed by atoms with Gasteiger partial charge in [-0.3, -0.25) is 0 Å². The second kappa shape index (κ2) is 4.09. The van der Waals surface area contributed by atoms with Gasteiger partial charge >= 0.3 is 0 Å². The number of aromatic nitrogens is 2. The zero-order valence-electron chi connectivity index (χ0n) is 8.93. The van der Waals surface area contributed by atoms with E-state index in [0.717, 1.165) is 5.56 Å². The number of pyridine rings is 1. The minimum Gasteiger partial charge on any atom is -0.494 e. The van der Waals surface area contributed by atoms with Gasteiger partial charge in [-0.2, -0.15) is 0 Å². The van der Waals surface area contributed by atoms with Crippen molar-refractivity contribution in [2.24, 2.45) is 0 Å². The van der Waals surface area contributed by atoms with Crippen LogP contribution < -0.4 is 15.2 Å². The number of nitrogens with two attached hydrogens (primary N) is 1. The smallest absolute Gasteiger partial charge is 0.222 e. The molecule has 0 aliphatic heterocycles. The van der Waals surface area contributed by atoms with Crippen LogP contribution in [0.1, 0.15) is 0 Å². The first kappa shape index (κ1) is 10.3. The van der Waals surface area contributed by atoms with Crippen molar-refractivity contribution in [3.63, 3.8) is 0 Å². The number of ether oxygens (including phenoxy) is 2. The number of methoxy groups -OCH3 is 2. The Morgan fingerprint density at radius 3 is 2.62 bits per heavy atom. The molecule has 0 aliphatic rings. The fourth-order valence-corrected chi connectivity index (χ4v) is 1.31. The molecular formula is C10H11N3O3. The molecule has 6 heteroatoms. The summed E-state index contributed by atoms with van der Waals surface area (Å²) < 4.78 is 15.0. The van der Waals surface area contributed by atoms with Gasteiger partial charge in [0.1, 0.15) is 11.4 Å². The van der Waals surface area contributed by atoms with Crippen LogP contribution in [0.15, 0.2) is 22.9 Å². The van der Waals surface area contributed by atoms with Gasteiger partial charge in [0.2, 0.25) is 11.8 Å². The Hall–Kier alpha value is -2.24. The molecule has 0 aromatic carbocycles. The van der Waals surface area contributed by atoms with Crippen LogP contribution in [-0.4, -0.2) is 24.4 Å². The summed E-state index contributed by atoms with van der Waals surface area (Å²) in [4.78, 5) is 4.02. The summed E-state index contributed by atoms with van der Waals surface area (Å²) >= 11 is 0. The maximum atomic E-state index is 5.46. The first-order valence-electron chi connectivity index (χ1n) is 4.55. The van der Waals surface area contributed by atoms with Gasteiger partial charge in [0, 0.05) is 12.1 Å². The van der Waals surface area contributed by atoms with E-state index in [2.05, 4.69) is 10.1 Å². The normalized spacial score (nSPS) is 10.1. The van der Waals surface area contributed by atoms with Gasteiger partial charge in [0.15, 0.2) is 0 Å². The van der Waals surface area contributed by atoms with Gasteiger partial charge in [0.25, 0.3) is 0 Å². The lowest BCUT2D eigenvalue weighted by atomic mass is 10.2. The fraction of sp³-hybridized carbons (Fsp3) is 0.200. The molecule has 0 bridgehead atoms. The zero-order valence-corrected chi connectivity index (χ0v) is 8.93. The molecule has 2 N–H and O–H groups in total. The van der Waals surface area contributed by atoms with E-state index in [-0.39, 0.29) is 5.88 Å². The predicted octanol–water partition coefficient (Wildman–Crippen LogP) is 1.34. The Morgan fingerprint density at radius 2 is 2.06 bits per heavy atom. The van der Waals surface area contributed by atoms with E-state index in [1.165, 1.54) is 7.11 Å². The number of hydrogen-bond acceptors (Lipinski definition) is 6. The third kappa shape index (κ3) is 1.77. The van der Waals surface area contributed by atoms with Gasteiger partial charge in [0.05, 0.1) is 26.0 Å². The highest BCUT2D eigenvalue weighted by Gasteiger charge is 2.12. The highest BCUT2D eigenvalue weighted by molar-refractivity contribution is 5.68. The van der Waals surface area contributed by atoms with Gasteiger partial charge in [-0.1, -0.05) is 5.16 Å². The lowest BCUT2D eigenvalue weighted by Crippen LogP contribution is -1.93. The van der Waals surface area contributed by atoms with Crippen molar-refractivity contribution in [3.05, 3.63) is 18.3 Å². The van der Waals surface area contributed by atoms with E-state index < -0.39 is 0 Å². The minimum atomic E-state index is 0.243. The van der Waals surface area contributed by atoms with Crippen molar-refractivity contribution < 1.29 is 14.0 Å². The predicted molar refractivity (Wildman–Crippen MR) is 57.3 cm³/mol. The van der Waals surface area contributed by atoms with E-state index in [9.17, 15) is 0 Å². The molecule has 2 aromatic heterocycles. The van der Waals surface area contributed by atoms with Crippen LogP contribution in [0.3, 0.4) is 0 Å². The summed E-state index contributed by atoms with van der Waals surface area (Å²) in [5, 5.41) is 3.81. The van der Waals surface area contributed by atoms with Crippen LogP contribution in [-0.2, 0) is 0 Å². The molecule has 2 aromatic rings. The molecule has 0 spiro atoms. The van der Waals surface area contributed by atoms with E-state index >= 15 is 0 Å². The fourth-order valence-electron chi connectivity index (χ4n) is 1.31. The Kier molecular flexibility index (Phi) is 2.63. The average molecular weight is 221 g/mol. The molecule has 2 heterocycles. The van der Waals surface area contributed by atoms with E-state index in [4.69, 9.17) is 19.7 Å². The molecular weight excluding hydrogens is 210 g/mol. The molecule has 2 rings (SSSR count). The van der Waals surface area contributed by atoms with Gasteiger partial charge in [-0.05, 0) is 0 Å². The summed E-state index contributed by atoms with van der Waals surface area (Å²) in [5.74, 6) is 1.29. The Labute approximate surface area is 92.0 Å². The highest BCUT2D eigenvalue weighted by Crippen LogP contribution is 2.31. The van der Waals surface area contributed by atoms with Gasteiger partial charge in [-0.15, -0.1) is 0 Å². The summed E-state index contributed by atoms with van der Waals surface area (Å²) in [6, 6.07) is 3.31. The molecule has 0 amide bonds. The molecule has 16 heavy (non-hydrogen) atoms. The molecule has 0 atom stereocenters. The monoisotopic (exact) mass is 221 g/mol. The van der Waals surface area contributed by atoms with Crippen molar-refractivity contribution in [2.75, 3.05) is 20.0 Å². The second-order valence-electron chi connectivity index (χ2n) is 3.04. The van der Waals surface area contributed by atoms with Crippen molar-refractivity contribution in [1.82, 2.24) is 10.1 Å². The average Bonchev–Trinajstić information content (AvgIpc) is 2.75. The third-order valence-corrected chi connectivity index (χ3v) is 2.08. The molecule has 0 unspecified atom stereocenters. The number of nitrogens with zero attached hydrogens (tertiary/aromatic N) is 2. The van der Waals surface area contributed by atoms with Gasteiger partial charge < -0.3 is 19.7 Å². The molecule has 0 radical (unpaired) electrons. The number of rotatable bonds is 3. The first-order chi connectivity index (χ1) is 7.74. The van der Waals surface area contributed by atoms with Crippen molar-refractivity contribution in [1.29, 1.82) is 0 Å². The number of nitrogen functional groups attached to an aromatic ring is 1. The Bertz CT molecular complexity index is 496. The molecule has 0 saturated carbocycles. The lowest BCUT2D eigenvalue weighted by Gasteiger charge is -2.06. The number of anilines is 1. The van der Waals surface area contributed by atoms with E-state index in [1.54, 1.807) is 25.4 Å². The Balaban J connectivity index is 2.52. The van der Waals surface area contributed by atoms with E-state index in [0.29, 0.717) is 17.3 Å². The quantitative estimate of drug-likeness (QED) is 0.841. The molecule has 6 nitrogen and oxygen atoms in total. The second-order valence-corrected chi connectivity index (χ2v) is 3.04. The molecule has 84 valence electrons. The maximum absolute atomic E-state index is 5.46. The number of hydrogen-bond donors (Lipinski definition) is 1. The zero-order chi connectivity index (χ0) is 11.5. The molecule has 0 fully saturated rings. The van der Waals surface area contributed by atoms with Crippen LogP contribution >= 0.6 is 0 Å². The third-order valence-electron chi connectivity index (χ3n) is 2.08. The first-order valence-corrected chi connectivity index (χ1v) is 4.55. The lowest BCUT2D eigenvalue weighted by molar-refractivity contribution is 0.388. The van der Waals surface area contributed by atoms with Crippen LogP contribution in [0, 0.1) is 0 Å². The summed E-state index contributed by atoms with van der Waals surface area (Å²) in [6.45, 7) is 0. The van der Waals surface area contributed by atoms with Crippen molar-refractivity contribution in [2.45, 2.75) is 0 Å². The maximum Gasteiger partial charge on any atom is 0.222 e. The van der Waals surface area contributed by atoms with Crippen molar-refractivity contribution in [3.8, 4) is 22.9 Å². The van der Waals surface area contributed by atoms with Crippen LogP contribution in [0.2, 0.25) is 0 Å². The van der Waals surface area contributed by atoms with Crippen LogP contribution in [0.25, 0.3) is 11.3 Å². The van der Waals surface area contributed by atoms with E-state index in [1.807, 2.05) is 0 Å². The SMILES string of the molecule is COc1cc(-c2cc(N)on2)c(OC)cn1. The summed E-state index contributed by atoms with van der Waals surface area (Å²) in [5.41, 5.74) is 6.76. The largest absolute Gasteiger partial charge is 0.494 e. The standard InChI is InChI=1S/C10H11N3O3/c1-14-8-5-12-10(15-2)3-6(8)7-4-9(11)16-13-7/h3-5H,11H2,1-2H3. The minimum absolute atomic E-state index is 0.243. The van der Waals surface area contributed by atoms with Crippen molar-refractivity contribution >= 4 is 5.88 Å². The van der Waals surface area contributed by atoms with Gasteiger partial charge in [-0.25, -0.2) is 4.98 Å². The topological polar surface area (TPSA) is 83.4 Å². The highest BCUT2D eigenvalue weighted by atomic mass is 16.5. The van der Waals surface area contributed by atoms with Crippen LogP contribution in [0.5, 0.6) is 11.6 Å².